The molecule has 1 N–H and O–H groups in total. The summed E-state index contributed by atoms with van der Waals surface area (Å²) in [5, 5.41) is 4.55. The molecule has 0 unspecified atom stereocenters. The number of benzene rings is 2. The molecule has 0 spiro atoms. The van der Waals surface area contributed by atoms with Gasteiger partial charge >= 0.3 is 0 Å². The van der Waals surface area contributed by atoms with Crippen molar-refractivity contribution in [3.8, 4) is 11.5 Å². The molecule has 3 aromatic rings. The Morgan fingerprint density at radius 2 is 1.84 bits per heavy atom. The third-order valence-electron chi connectivity index (χ3n) is 4.40. The number of ether oxygens (including phenoxy) is 2. The van der Waals surface area contributed by atoms with Crippen molar-refractivity contribution in [2.24, 2.45) is 0 Å². The Hall–Kier alpha value is -3.46. The van der Waals surface area contributed by atoms with E-state index in [4.69, 9.17) is 9.47 Å². The molecule has 7 nitrogen and oxygen atoms in total. The number of thiazole rings is 1. The van der Waals surface area contributed by atoms with Gasteiger partial charge in [-0.05, 0) is 24.3 Å². The molecular formula is C22H22FN3O4S. The summed E-state index contributed by atoms with van der Waals surface area (Å²) in [6, 6.07) is 13.0. The number of nitrogens with one attached hydrogen (secondary N) is 1. The summed E-state index contributed by atoms with van der Waals surface area (Å²) in [7, 11) is 3.25. The molecule has 31 heavy (non-hydrogen) atoms. The molecule has 0 aliphatic heterocycles. The van der Waals surface area contributed by atoms with E-state index in [1.807, 2.05) is 12.1 Å². The van der Waals surface area contributed by atoms with Crippen LogP contribution in [0.2, 0.25) is 0 Å². The normalized spacial score (nSPS) is 10.4. The van der Waals surface area contributed by atoms with E-state index >= 15 is 0 Å². The summed E-state index contributed by atoms with van der Waals surface area (Å²) in [6.45, 7) is 0.696. The van der Waals surface area contributed by atoms with Crippen LogP contribution in [-0.2, 0) is 11.2 Å². The summed E-state index contributed by atoms with van der Waals surface area (Å²) in [6.07, 6.45) is 0.0806. The molecule has 0 aliphatic rings. The van der Waals surface area contributed by atoms with E-state index < -0.39 is 11.7 Å². The molecule has 0 saturated carbocycles. The van der Waals surface area contributed by atoms with E-state index in [0.717, 1.165) is 0 Å². The molecular weight excluding hydrogens is 421 g/mol. The Balaban J connectivity index is 1.48. The third kappa shape index (κ3) is 6.02. The molecule has 0 radical (unpaired) electrons. The monoisotopic (exact) mass is 443 g/mol. The van der Waals surface area contributed by atoms with Crippen LogP contribution in [-0.4, -0.2) is 49.0 Å². The van der Waals surface area contributed by atoms with Gasteiger partial charge in [0.25, 0.3) is 5.91 Å². The van der Waals surface area contributed by atoms with Gasteiger partial charge in [0.15, 0.2) is 16.6 Å². The number of likely N-dealkylation sites (N-methyl/N-ethyl adjacent to an activating group) is 1. The number of para-hydroxylation sites is 2. The summed E-state index contributed by atoms with van der Waals surface area (Å²) in [4.78, 5) is 30.4. The fraction of sp³-hybridized carbons (Fsp3) is 0.227. The lowest BCUT2D eigenvalue weighted by molar-refractivity contribution is -0.129. The van der Waals surface area contributed by atoms with Crippen molar-refractivity contribution >= 4 is 28.3 Å². The molecule has 2 amide bonds. The molecule has 0 fully saturated rings. The first-order chi connectivity index (χ1) is 15.0. The highest BCUT2D eigenvalue weighted by Crippen LogP contribution is 2.25. The smallest absolute Gasteiger partial charge is 0.260 e. The largest absolute Gasteiger partial charge is 0.493 e. The fourth-order valence-corrected chi connectivity index (χ4v) is 3.41. The van der Waals surface area contributed by atoms with Crippen LogP contribution in [0.15, 0.2) is 53.9 Å². The number of hydrogen-bond acceptors (Lipinski definition) is 6. The van der Waals surface area contributed by atoms with Crippen LogP contribution in [0.5, 0.6) is 11.5 Å². The lowest BCUT2D eigenvalue weighted by Gasteiger charge is -2.17. The van der Waals surface area contributed by atoms with E-state index in [-0.39, 0.29) is 17.9 Å². The lowest BCUT2D eigenvalue weighted by Crippen LogP contribution is -2.32. The molecule has 0 atom stereocenters. The van der Waals surface area contributed by atoms with Gasteiger partial charge in [0.1, 0.15) is 12.4 Å². The maximum Gasteiger partial charge on any atom is 0.260 e. The van der Waals surface area contributed by atoms with E-state index in [2.05, 4.69) is 10.3 Å². The highest BCUT2D eigenvalue weighted by Gasteiger charge is 2.16. The van der Waals surface area contributed by atoms with Gasteiger partial charge in [0.2, 0.25) is 5.91 Å². The maximum absolute atomic E-state index is 13.7. The zero-order valence-electron chi connectivity index (χ0n) is 17.1. The standard InChI is InChI=1S/C22H22FN3O4S/c1-26(11-12-30-19-10-6-5-9-18(19)29-2)20(27)13-15-14-31-22(24-15)25-21(28)16-7-3-4-8-17(16)23/h3-10,14H,11-13H2,1-2H3,(H,24,25,28). The second kappa shape index (κ2) is 10.5. The topological polar surface area (TPSA) is 80.8 Å². The minimum Gasteiger partial charge on any atom is -0.493 e. The quantitative estimate of drug-likeness (QED) is 0.546. The van der Waals surface area contributed by atoms with Crippen molar-refractivity contribution in [2.75, 3.05) is 32.6 Å². The summed E-state index contributed by atoms with van der Waals surface area (Å²) in [5.74, 6) is -0.0923. The SMILES string of the molecule is COc1ccccc1OCCN(C)C(=O)Cc1csc(NC(=O)c2ccccc2F)n1. The molecule has 1 aromatic heterocycles. The van der Waals surface area contributed by atoms with Gasteiger partial charge in [-0.3, -0.25) is 14.9 Å². The minimum atomic E-state index is -0.607. The molecule has 2 aromatic carbocycles. The van der Waals surface area contributed by atoms with Crippen molar-refractivity contribution in [3.63, 3.8) is 0 Å². The Bertz CT molecular complexity index is 1060. The first-order valence-corrected chi connectivity index (χ1v) is 10.4. The van der Waals surface area contributed by atoms with E-state index in [1.165, 1.54) is 29.5 Å². The Morgan fingerprint density at radius 1 is 1.13 bits per heavy atom. The average molecular weight is 444 g/mol. The number of carbonyl (C=O) groups excluding carboxylic acids is 2. The summed E-state index contributed by atoms with van der Waals surface area (Å²) >= 11 is 1.18. The number of carbonyl (C=O) groups is 2. The minimum absolute atomic E-state index is 0.0647. The fourth-order valence-electron chi connectivity index (χ4n) is 2.70. The Morgan fingerprint density at radius 3 is 2.58 bits per heavy atom. The predicted octanol–water partition coefficient (Wildman–Crippen LogP) is 3.62. The van der Waals surface area contributed by atoms with Gasteiger partial charge in [0.05, 0.1) is 31.3 Å². The van der Waals surface area contributed by atoms with Gasteiger partial charge in [-0.15, -0.1) is 11.3 Å². The van der Waals surface area contributed by atoms with Gasteiger partial charge in [-0.25, -0.2) is 9.37 Å². The van der Waals surface area contributed by atoms with Crippen molar-refractivity contribution in [1.82, 2.24) is 9.88 Å². The van der Waals surface area contributed by atoms with Crippen LogP contribution in [0.1, 0.15) is 16.1 Å². The van der Waals surface area contributed by atoms with Gasteiger partial charge in [0, 0.05) is 12.4 Å². The average Bonchev–Trinajstić information content (AvgIpc) is 3.20. The third-order valence-corrected chi connectivity index (χ3v) is 5.21. The second-order valence-electron chi connectivity index (χ2n) is 6.57. The highest BCUT2D eigenvalue weighted by atomic mass is 32.1. The van der Waals surface area contributed by atoms with Crippen LogP contribution < -0.4 is 14.8 Å². The van der Waals surface area contributed by atoms with Crippen molar-refractivity contribution in [1.29, 1.82) is 0 Å². The zero-order valence-corrected chi connectivity index (χ0v) is 17.9. The number of nitrogens with zero attached hydrogens (tertiary/aromatic N) is 2. The molecule has 0 saturated heterocycles. The van der Waals surface area contributed by atoms with Gasteiger partial charge in [-0.1, -0.05) is 24.3 Å². The Labute approximate surface area is 183 Å². The first kappa shape index (κ1) is 22.2. The number of rotatable bonds is 9. The second-order valence-corrected chi connectivity index (χ2v) is 7.43. The van der Waals surface area contributed by atoms with Crippen molar-refractivity contribution in [2.45, 2.75) is 6.42 Å². The van der Waals surface area contributed by atoms with Crippen molar-refractivity contribution < 1.29 is 23.5 Å². The van der Waals surface area contributed by atoms with Gasteiger partial charge in [-0.2, -0.15) is 0 Å². The number of amides is 2. The Kier molecular flexibility index (Phi) is 7.55. The highest BCUT2D eigenvalue weighted by molar-refractivity contribution is 7.14. The molecule has 0 bridgehead atoms. The number of aromatic nitrogens is 1. The van der Waals surface area contributed by atoms with E-state index in [9.17, 15) is 14.0 Å². The molecule has 9 heteroatoms. The number of hydrogen-bond donors (Lipinski definition) is 1. The molecule has 162 valence electrons. The molecule has 1 heterocycles. The van der Waals surface area contributed by atoms with Crippen LogP contribution in [0.4, 0.5) is 9.52 Å². The molecule has 0 aliphatic carbocycles. The number of anilines is 1. The zero-order chi connectivity index (χ0) is 22.2. The van der Waals surface area contributed by atoms with Crippen LogP contribution in [0.25, 0.3) is 0 Å². The van der Waals surface area contributed by atoms with Gasteiger partial charge < -0.3 is 14.4 Å². The number of halogens is 1. The summed E-state index contributed by atoms with van der Waals surface area (Å²) in [5.41, 5.74) is 0.460. The van der Waals surface area contributed by atoms with Crippen LogP contribution >= 0.6 is 11.3 Å². The van der Waals surface area contributed by atoms with Crippen LogP contribution in [0.3, 0.4) is 0 Å². The first-order valence-electron chi connectivity index (χ1n) is 9.48. The van der Waals surface area contributed by atoms with Crippen LogP contribution in [0, 0.1) is 5.82 Å². The lowest BCUT2D eigenvalue weighted by atomic mass is 10.2. The summed E-state index contributed by atoms with van der Waals surface area (Å²) < 4.78 is 24.6. The predicted molar refractivity (Wildman–Crippen MR) is 116 cm³/mol. The van der Waals surface area contributed by atoms with Crippen molar-refractivity contribution in [3.05, 3.63) is 71.0 Å². The van der Waals surface area contributed by atoms with E-state index in [1.54, 1.807) is 42.6 Å². The maximum atomic E-state index is 13.7. The van der Waals surface area contributed by atoms with E-state index in [0.29, 0.717) is 35.5 Å². The molecule has 3 rings (SSSR count). The number of methoxy groups -OCH3 is 1.